The molecule has 21 heavy (non-hydrogen) atoms. The van der Waals surface area contributed by atoms with Crippen LogP contribution in [-0.2, 0) is 6.54 Å². The minimum atomic E-state index is 0.474. The highest BCUT2D eigenvalue weighted by molar-refractivity contribution is 5.21. The Bertz CT molecular complexity index is 540. The first-order valence-electron chi connectivity index (χ1n) is 7.37. The molecule has 1 heterocycles. The van der Waals surface area contributed by atoms with Gasteiger partial charge in [0, 0.05) is 12.6 Å². The van der Waals surface area contributed by atoms with Crippen molar-refractivity contribution in [2.75, 3.05) is 18.5 Å². The molecule has 2 N–H and O–H groups in total. The third-order valence-electron chi connectivity index (χ3n) is 3.20. The number of ether oxygens (including phenoxy) is 1. The highest BCUT2D eigenvalue weighted by Gasteiger charge is 2.21. The molecule has 1 aliphatic rings. The summed E-state index contributed by atoms with van der Waals surface area (Å²) in [6, 6.07) is 10.9. The Kier molecular flexibility index (Phi) is 4.68. The second kappa shape index (κ2) is 7.08. The summed E-state index contributed by atoms with van der Waals surface area (Å²) in [4.78, 5) is 0. The fourth-order valence-electron chi connectivity index (χ4n) is 1.89. The van der Waals surface area contributed by atoms with Crippen molar-refractivity contribution < 1.29 is 9.15 Å². The summed E-state index contributed by atoms with van der Waals surface area (Å²) in [5, 5.41) is 14.4. The maximum Gasteiger partial charge on any atom is 0.315 e. The van der Waals surface area contributed by atoms with E-state index in [-0.39, 0.29) is 0 Å². The zero-order valence-corrected chi connectivity index (χ0v) is 11.9. The molecule has 1 aromatic heterocycles. The number of hydrogen-bond donors (Lipinski definition) is 2. The summed E-state index contributed by atoms with van der Waals surface area (Å²) in [5.74, 6) is 1.52. The standard InChI is InChI=1S/C15H20N4O2/c1-2-5-13(6-3-1)20-10-4-9-16-15-19-18-14(21-15)11-17-12-7-8-12/h1-3,5-6,12,17H,4,7-11H2,(H,16,19). The molecule has 1 aromatic carbocycles. The van der Waals surface area contributed by atoms with Crippen molar-refractivity contribution in [2.24, 2.45) is 0 Å². The van der Waals surface area contributed by atoms with Crippen molar-refractivity contribution in [1.29, 1.82) is 0 Å². The third-order valence-corrected chi connectivity index (χ3v) is 3.20. The van der Waals surface area contributed by atoms with Crippen LogP contribution in [0.5, 0.6) is 5.75 Å². The van der Waals surface area contributed by atoms with Gasteiger partial charge in [-0.3, -0.25) is 0 Å². The molecule has 1 fully saturated rings. The van der Waals surface area contributed by atoms with Gasteiger partial charge in [-0.2, -0.15) is 0 Å². The summed E-state index contributed by atoms with van der Waals surface area (Å²) in [6.07, 6.45) is 3.37. The van der Waals surface area contributed by atoms with E-state index in [4.69, 9.17) is 9.15 Å². The van der Waals surface area contributed by atoms with Crippen LogP contribution >= 0.6 is 0 Å². The number of para-hydroxylation sites is 1. The quantitative estimate of drug-likeness (QED) is 0.689. The van der Waals surface area contributed by atoms with Gasteiger partial charge in [0.1, 0.15) is 5.75 Å². The van der Waals surface area contributed by atoms with Crippen LogP contribution in [0.3, 0.4) is 0 Å². The van der Waals surface area contributed by atoms with E-state index in [0.717, 1.165) is 18.7 Å². The Morgan fingerprint density at radius 3 is 2.86 bits per heavy atom. The highest BCUT2D eigenvalue weighted by Crippen LogP contribution is 2.19. The molecule has 6 heteroatoms. The lowest BCUT2D eigenvalue weighted by molar-refractivity contribution is 0.314. The van der Waals surface area contributed by atoms with Crippen LogP contribution in [-0.4, -0.2) is 29.4 Å². The van der Waals surface area contributed by atoms with E-state index in [9.17, 15) is 0 Å². The smallest absolute Gasteiger partial charge is 0.315 e. The van der Waals surface area contributed by atoms with Crippen molar-refractivity contribution in [1.82, 2.24) is 15.5 Å². The van der Waals surface area contributed by atoms with Crippen LogP contribution in [0.15, 0.2) is 34.7 Å². The van der Waals surface area contributed by atoms with Gasteiger partial charge in [-0.1, -0.05) is 23.3 Å². The number of nitrogens with zero attached hydrogens (tertiary/aromatic N) is 2. The SMILES string of the molecule is c1ccc(OCCCNc2nnc(CNC3CC3)o2)cc1. The second-order valence-corrected chi connectivity index (χ2v) is 5.10. The molecule has 0 atom stereocenters. The molecule has 1 saturated carbocycles. The summed E-state index contributed by atoms with van der Waals surface area (Å²) in [5.41, 5.74) is 0. The number of anilines is 1. The van der Waals surface area contributed by atoms with E-state index < -0.39 is 0 Å². The summed E-state index contributed by atoms with van der Waals surface area (Å²) < 4.78 is 11.1. The van der Waals surface area contributed by atoms with Gasteiger partial charge in [0.2, 0.25) is 5.89 Å². The molecule has 6 nitrogen and oxygen atoms in total. The molecule has 0 amide bonds. The Morgan fingerprint density at radius 2 is 2.05 bits per heavy atom. The van der Waals surface area contributed by atoms with Gasteiger partial charge >= 0.3 is 6.01 Å². The summed E-state index contributed by atoms with van der Waals surface area (Å²) in [7, 11) is 0. The van der Waals surface area contributed by atoms with E-state index in [2.05, 4.69) is 20.8 Å². The molecule has 3 rings (SSSR count). The Labute approximate surface area is 123 Å². The third kappa shape index (κ3) is 4.75. The average Bonchev–Trinajstić information content (AvgIpc) is 3.25. The van der Waals surface area contributed by atoms with Crippen LogP contribution in [0, 0.1) is 0 Å². The fourth-order valence-corrected chi connectivity index (χ4v) is 1.89. The number of nitrogens with one attached hydrogen (secondary N) is 2. The van der Waals surface area contributed by atoms with Gasteiger partial charge in [-0.05, 0) is 31.4 Å². The number of benzene rings is 1. The maximum absolute atomic E-state index is 5.60. The van der Waals surface area contributed by atoms with Gasteiger partial charge in [-0.25, -0.2) is 0 Å². The minimum absolute atomic E-state index is 0.474. The summed E-state index contributed by atoms with van der Waals surface area (Å²) in [6.45, 7) is 2.04. The molecule has 0 unspecified atom stereocenters. The van der Waals surface area contributed by atoms with Crippen molar-refractivity contribution >= 4 is 6.01 Å². The molecule has 2 aromatic rings. The number of aromatic nitrogens is 2. The average molecular weight is 288 g/mol. The van der Waals surface area contributed by atoms with E-state index in [0.29, 0.717) is 31.1 Å². The first kappa shape index (κ1) is 13.9. The molecule has 1 aliphatic carbocycles. The van der Waals surface area contributed by atoms with E-state index in [1.165, 1.54) is 12.8 Å². The van der Waals surface area contributed by atoms with Gasteiger partial charge in [-0.15, -0.1) is 5.10 Å². The normalized spacial score (nSPS) is 14.1. The Hall–Kier alpha value is -2.08. The maximum atomic E-state index is 5.60. The van der Waals surface area contributed by atoms with Crippen molar-refractivity contribution in [3.63, 3.8) is 0 Å². The van der Waals surface area contributed by atoms with Gasteiger partial charge in [0.25, 0.3) is 0 Å². The molecular weight excluding hydrogens is 268 g/mol. The van der Waals surface area contributed by atoms with Crippen molar-refractivity contribution in [3.8, 4) is 5.75 Å². The predicted molar refractivity (Wildman–Crippen MR) is 79.2 cm³/mol. The molecule has 0 saturated heterocycles. The Balaban J connectivity index is 1.30. The lowest BCUT2D eigenvalue weighted by Crippen LogP contribution is -2.15. The molecule has 0 aliphatic heterocycles. The zero-order chi connectivity index (χ0) is 14.3. The van der Waals surface area contributed by atoms with Crippen LogP contribution in [0.2, 0.25) is 0 Å². The van der Waals surface area contributed by atoms with Gasteiger partial charge in [0.05, 0.1) is 13.2 Å². The number of hydrogen-bond acceptors (Lipinski definition) is 6. The van der Waals surface area contributed by atoms with Crippen LogP contribution < -0.4 is 15.4 Å². The zero-order valence-electron chi connectivity index (χ0n) is 11.9. The van der Waals surface area contributed by atoms with Gasteiger partial charge in [0.15, 0.2) is 0 Å². The molecule has 0 spiro atoms. The van der Waals surface area contributed by atoms with Gasteiger partial charge < -0.3 is 19.8 Å². The van der Waals surface area contributed by atoms with Crippen LogP contribution in [0.1, 0.15) is 25.2 Å². The first-order chi connectivity index (χ1) is 10.4. The monoisotopic (exact) mass is 288 g/mol. The van der Waals surface area contributed by atoms with E-state index >= 15 is 0 Å². The molecular formula is C15H20N4O2. The minimum Gasteiger partial charge on any atom is -0.494 e. The highest BCUT2D eigenvalue weighted by atomic mass is 16.5. The van der Waals surface area contributed by atoms with Crippen molar-refractivity contribution in [3.05, 3.63) is 36.2 Å². The lowest BCUT2D eigenvalue weighted by atomic mass is 10.3. The van der Waals surface area contributed by atoms with E-state index in [1.807, 2.05) is 30.3 Å². The molecule has 0 radical (unpaired) electrons. The van der Waals surface area contributed by atoms with Crippen molar-refractivity contribution in [2.45, 2.75) is 31.8 Å². The van der Waals surface area contributed by atoms with Crippen LogP contribution in [0.4, 0.5) is 6.01 Å². The molecule has 112 valence electrons. The van der Waals surface area contributed by atoms with Crippen LogP contribution in [0.25, 0.3) is 0 Å². The predicted octanol–water partition coefficient (Wildman–Crippen LogP) is 2.20. The summed E-state index contributed by atoms with van der Waals surface area (Å²) >= 11 is 0. The lowest BCUT2D eigenvalue weighted by Gasteiger charge is -2.05. The first-order valence-corrected chi connectivity index (χ1v) is 7.37. The topological polar surface area (TPSA) is 72.2 Å². The fraction of sp³-hybridized carbons (Fsp3) is 0.467. The number of rotatable bonds is 9. The van der Waals surface area contributed by atoms with E-state index in [1.54, 1.807) is 0 Å². The molecule has 0 bridgehead atoms. The second-order valence-electron chi connectivity index (χ2n) is 5.10. The Morgan fingerprint density at radius 1 is 1.19 bits per heavy atom. The largest absolute Gasteiger partial charge is 0.494 e.